The van der Waals surface area contributed by atoms with Gasteiger partial charge in [0.2, 0.25) is 0 Å². The van der Waals surface area contributed by atoms with Gasteiger partial charge in [0.25, 0.3) is 10.2 Å². The Kier molecular flexibility index (Phi) is 4.28. The van der Waals surface area contributed by atoms with E-state index in [4.69, 9.17) is 14.7 Å². The summed E-state index contributed by atoms with van der Waals surface area (Å²) in [4.78, 5) is 0. The number of anilines is 2. The Bertz CT molecular complexity index is 682. The number of aliphatic hydroxyl groups excluding tert-OH is 1. The molecule has 0 spiro atoms. The van der Waals surface area contributed by atoms with Crippen LogP contribution in [0.15, 0.2) is 40.8 Å². The first-order chi connectivity index (χ1) is 9.46. The zero-order valence-electron chi connectivity index (χ0n) is 10.5. The van der Waals surface area contributed by atoms with E-state index in [0.29, 0.717) is 29.4 Å². The number of benzene rings is 1. The molecule has 0 radical (unpaired) electrons. The standard InChI is InChI=1S/C12H15N3O4S/c13-20(17,18)15-10-3-1-2-9(6-10)14-7-11-4-5-12(8-16)19-11/h1-6,14-16H,7-8H2,(H2,13,17,18). The molecule has 108 valence electrons. The Morgan fingerprint density at radius 1 is 1.15 bits per heavy atom. The van der Waals surface area contributed by atoms with Gasteiger partial charge in [0.1, 0.15) is 18.1 Å². The molecule has 0 fully saturated rings. The quantitative estimate of drug-likeness (QED) is 0.634. The van der Waals surface area contributed by atoms with Gasteiger partial charge in [0, 0.05) is 5.69 Å². The van der Waals surface area contributed by atoms with Crippen molar-refractivity contribution in [3.8, 4) is 0 Å². The summed E-state index contributed by atoms with van der Waals surface area (Å²) in [5, 5.41) is 16.9. The highest BCUT2D eigenvalue weighted by molar-refractivity contribution is 7.90. The highest BCUT2D eigenvalue weighted by atomic mass is 32.2. The van der Waals surface area contributed by atoms with Crippen LogP contribution in [0, 0.1) is 0 Å². The first-order valence-electron chi connectivity index (χ1n) is 5.79. The van der Waals surface area contributed by atoms with Crippen molar-refractivity contribution in [1.82, 2.24) is 0 Å². The van der Waals surface area contributed by atoms with Gasteiger partial charge in [0.05, 0.1) is 12.2 Å². The zero-order valence-corrected chi connectivity index (χ0v) is 11.4. The molecule has 1 aromatic heterocycles. The summed E-state index contributed by atoms with van der Waals surface area (Å²) in [6.07, 6.45) is 0. The predicted molar refractivity (Wildman–Crippen MR) is 75.1 cm³/mol. The fourth-order valence-corrected chi connectivity index (χ4v) is 2.10. The Balaban J connectivity index is 2.01. The van der Waals surface area contributed by atoms with Crippen LogP contribution in [-0.4, -0.2) is 13.5 Å². The maximum atomic E-state index is 10.9. The first-order valence-corrected chi connectivity index (χ1v) is 7.34. The topological polar surface area (TPSA) is 118 Å². The van der Waals surface area contributed by atoms with Gasteiger partial charge in [0.15, 0.2) is 0 Å². The zero-order chi connectivity index (χ0) is 14.6. The fraction of sp³-hybridized carbons (Fsp3) is 0.167. The highest BCUT2D eigenvalue weighted by Crippen LogP contribution is 2.17. The predicted octanol–water partition coefficient (Wildman–Crippen LogP) is 0.999. The van der Waals surface area contributed by atoms with Crippen LogP contribution in [0.4, 0.5) is 11.4 Å². The maximum absolute atomic E-state index is 10.9. The van der Waals surface area contributed by atoms with Gasteiger partial charge >= 0.3 is 0 Å². The first kappa shape index (κ1) is 14.4. The average Bonchev–Trinajstić information content (AvgIpc) is 2.83. The van der Waals surface area contributed by atoms with E-state index in [1.54, 1.807) is 36.4 Å². The molecule has 0 bridgehead atoms. The summed E-state index contributed by atoms with van der Waals surface area (Å²) < 4.78 is 29.4. The van der Waals surface area contributed by atoms with Crippen molar-refractivity contribution < 1.29 is 17.9 Å². The molecule has 1 aromatic carbocycles. The third-order valence-electron chi connectivity index (χ3n) is 2.46. The lowest BCUT2D eigenvalue weighted by Gasteiger charge is -2.08. The molecule has 0 saturated heterocycles. The van der Waals surface area contributed by atoms with Gasteiger partial charge in [-0.25, -0.2) is 5.14 Å². The van der Waals surface area contributed by atoms with E-state index in [-0.39, 0.29) is 6.61 Å². The van der Waals surface area contributed by atoms with Gasteiger partial charge in [-0.05, 0) is 30.3 Å². The van der Waals surface area contributed by atoms with Crippen molar-refractivity contribution in [1.29, 1.82) is 0 Å². The van der Waals surface area contributed by atoms with Crippen LogP contribution < -0.4 is 15.2 Å². The number of furan rings is 1. The van der Waals surface area contributed by atoms with Crippen molar-refractivity contribution in [3.63, 3.8) is 0 Å². The molecule has 0 unspecified atom stereocenters. The normalized spacial score (nSPS) is 11.3. The van der Waals surface area contributed by atoms with E-state index in [1.807, 2.05) is 0 Å². The summed E-state index contributed by atoms with van der Waals surface area (Å²) in [5.74, 6) is 1.16. The Morgan fingerprint density at radius 2 is 1.85 bits per heavy atom. The molecule has 5 N–H and O–H groups in total. The maximum Gasteiger partial charge on any atom is 0.296 e. The monoisotopic (exact) mass is 297 g/mol. The molecular formula is C12H15N3O4S. The van der Waals surface area contributed by atoms with Gasteiger partial charge in [-0.3, -0.25) is 4.72 Å². The third-order valence-corrected chi connectivity index (χ3v) is 2.98. The molecule has 8 heteroatoms. The van der Waals surface area contributed by atoms with Crippen LogP contribution >= 0.6 is 0 Å². The smallest absolute Gasteiger partial charge is 0.296 e. The lowest BCUT2D eigenvalue weighted by molar-refractivity contribution is 0.244. The second-order valence-corrected chi connectivity index (χ2v) is 5.40. The van der Waals surface area contributed by atoms with E-state index >= 15 is 0 Å². The van der Waals surface area contributed by atoms with E-state index in [0.717, 1.165) is 0 Å². The van der Waals surface area contributed by atoms with Gasteiger partial charge in [-0.15, -0.1) is 0 Å². The molecule has 0 saturated carbocycles. The van der Waals surface area contributed by atoms with Gasteiger partial charge in [-0.2, -0.15) is 8.42 Å². The summed E-state index contributed by atoms with van der Waals surface area (Å²) in [6.45, 7) is 0.270. The van der Waals surface area contributed by atoms with Crippen molar-refractivity contribution >= 4 is 21.6 Å². The van der Waals surface area contributed by atoms with Crippen molar-refractivity contribution in [3.05, 3.63) is 47.9 Å². The molecule has 0 aliphatic rings. The molecule has 0 aliphatic heterocycles. The van der Waals surface area contributed by atoms with E-state index < -0.39 is 10.2 Å². The summed E-state index contributed by atoms with van der Waals surface area (Å²) in [7, 11) is -3.79. The molecule has 7 nitrogen and oxygen atoms in total. The molecular weight excluding hydrogens is 282 g/mol. The van der Waals surface area contributed by atoms with E-state index in [2.05, 4.69) is 10.0 Å². The van der Waals surface area contributed by atoms with Crippen molar-refractivity contribution in [2.24, 2.45) is 5.14 Å². The molecule has 1 heterocycles. The minimum Gasteiger partial charge on any atom is -0.462 e. The van der Waals surface area contributed by atoms with Gasteiger partial charge < -0.3 is 14.8 Å². The SMILES string of the molecule is NS(=O)(=O)Nc1cccc(NCc2ccc(CO)o2)c1. The number of nitrogens with two attached hydrogens (primary N) is 1. The number of hydrogen-bond donors (Lipinski definition) is 4. The summed E-state index contributed by atoms with van der Waals surface area (Å²) >= 11 is 0. The van der Waals surface area contributed by atoms with Crippen LogP contribution in [0.25, 0.3) is 0 Å². The minimum atomic E-state index is -3.79. The second-order valence-electron chi connectivity index (χ2n) is 4.11. The fourth-order valence-electron chi connectivity index (χ4n) is 1.65. The highest BCUT2D eigenvalue weighted by Gasteiger charge is 2.04. The lowest BCUT2D eigenvalue weighted by Crippen LogP contribution is -2.21. The number of hydrogen-bond acceptors (Lipinski definition) is 5. The second kappa shape index (κ2) is 5.95. The third kappa shape index (κ3) is 4.26. The van der Waals surface area contributed by atoms with Crippen molar-refractivity contribution in [2.75, 3.05) is 10.0 Å². The average molecular weight is 297 g/mol. The van der Waals surface area contributed by atoms with Crippen LogP contribution in [0.1, 0.15) is 11.5 Å². The van der Waals surface area contributed by atoms with E-state index in [9.17, 15) is 8.42 Å². The van der Waals surface area contributed by atoms with Crippen LogP contribution in [-0.2, 0) is 23.4 Å². The molecule has 0 amide bonds. The molecule has 20 heavy (non-hydrogen) atoms. The lowest BCUT2D eigenvalue weighted by atomic mass is 10.3. The largest absolute Gasteiger partial charge is 0.462 e. The van der Waals surface area contributed by atoms with Crippen molar-refractivity contribution in [2.45, 2.75) is 13.2 Å². The minimum absolute atomic E-state index is 0.145. The number of nitrogens with one attached hydrogen (secondary N) is 2. The van der Waals surface area contributed by atoms with Gasteiger partial charge in [-0.1, -0.05) is 6.07 Å². The molecule has 2 rings (SSSR count). The summed E-state index contributed by atoms with van der Waals surface area (Å²) in [5.41, 5.74) is 1.08. The number of aliphatic hydroxyl groups is 1. The van der Waals surface area contributed by atoms with E-state index in [1.165, 1.54) is 0 Å². The Hall–Kier alpha value is -2.03. The Labute approximate surface area is 116 Å². The molecule has 0 aliphatic carbocycles. The number of rotatable bonds is 6. The summed E-state index contributed by atoms with van der Waals surface area (Å²) in [6, 6.07) is 10.1. The molecule has 0 atom stereocenters. The van der Waals surface area contributed by atoms with Crippen LogP contribution in [0.2, 0.25) is 0 Å². The van der Waals surface area contributed by atoms with Crippen LogP contribution in [0.5, 0.6) is 0 Å². The van der Waals surface area contributed by atoms with Crippen LogP contribution in [0.3, 0.4) is 0 Å². The Morgan fingerprint density at radius 3 is 2.50 bits per heavy atom. The molecule has 2 aromatic rings.